The first kappa shape index (κ1) is 17.5. The van der Waals surface area contributed by atoms with Crippen molar-refractivity contribution >= 4 is 22.8 Å². The molecule has 28 heavy (non-hydrogen) atoms. The summed E-state index contributed by atoms with van der Waals surface area (Å²) in [6.07, 6.45) is 7.81. The molecule has 0 saturated carbocycles. The normalized spacial score (nSPS) is 10.9. The molecule has 0 saturated heterocycles. The third kappa shape index (κ3) is 3.13. The van der Waals surface area contributed by atoms with E-state index in [1.807, 2.05) is 13.8 Å². The van der Waals surface area contributed by atoms with Crippen LogP contribution in [0.25, 0.3) is 16.9 Å². The molecule has 0 aromatic carbocycles. The number of anilines is 1. The van der Waals surface area contributed by atoms with Gasteiger partial charge >= 0.3 is 0 Å². The Balaban J connectivity index is 1.72. The number of fused-ring (bicyclic) bond motifs is 1. The maximum absolute atomic E-state index is 12.8. The summed E-state index contributed by atoms with van der Waals surface area (Å²) < 4.78 is 3.47. The van der Waals surface area contributed by atoms with Crippen LogP contribution < -0.4 is 10.7 Å². The second-order valence-electron chi connectivity index (χ2n) is 6.17. The Bertz CT molecular complexity index is 1230. The number of carbonyl (C=O) groups is 1. The van der Waals surface area contributed by atoms with Crippen molar-refractivity contribution in [2.75, 3.05) is 5.32 Å². The van der Waals surface area contributed by atoms with Gasteiger partial charge in [0.15, 0.2) is 0 Å². The van der Waals surface area contributed by atoms with Crippen molar-refractivity contribution in [2.24, 2.45) is 0 Å². The van der Waals surface area contributed by atoms with Gasteiger partial charge in [-0.1, -0.05) is 0 Å². The maximum atomic E-state index is 12.8. The standard InChI is InChI=1S/C19H17N7O2/c1-3-25-9-14(17(27)13-5-4-12(2)23-18(13)25)19(28)24-15-8-16(22-10-21-15)26-7-6-20-11-26/h4-11H,3H2,1-2H3,(H,21,22,24,28). The molecular weight excluding hydrogens is 358 g/mol. The Morgan fingerprint density at radius 2 is 2.11 bits per heavy atom. The Hall–Kier alpha value is -3.88. The van der Waals surface area contributed by atoms with E-state index in [-0.39, 0.29) is 16.8 Å². The van der Waals surface area contributed by atoms with Crippen molar-refractivity contribution in [2.45, 2.75) is 20.4 Å². The number of pyridine rings is 2. The average molecular weight is 375 g/mol. The molecule has 0 spiro atoms. The number of nitrogens with one attached hydrogen (secondary N) is 1. The number of nitrogens with zero attached hydrogens (tertiary/aromatic N) is 6. The number of hydrogen-bond donors (Lipinski definition) is 1. The Labute approximate surface area is 159 Å². The lowest BCUT2D eigenvalue weighted by Gasteiger charge is -2.11. The van der Waals surface area contributed by atoms with E-state index in [2.05, 4.69) is 25.3 Å². The van der Waals surface area contributed by atoms with Crippen molar-refractivity contribution < 1.29 is 4.79 Å². The molecule has 4 aromatic rings. The number of hydrogen-bond acceptors (Lipinski definition) is 6. The molecule has 0 aliphatic heterocycles. The third-order valence-electron chi connectivity index (χ3n) is 4.31. The topological polar surface area (TPSA) is 108 Å². The van der Waals surface area contributed by atoms with Crippen molar-refractivity contribution in [3.8, 4) is 5.82 Å². The number of imidazole rings is 1. The number of amides is 1. The zero-order chi connectivity index (χ0) is 19.7. The maximum Gasteiger partial charge on any atom is 0.262 e. The summed E-state index contributed by atoms with van der Waals surface area (Å²) in [5.74, 6) is 0.296. The first-order valence-electron chi connectivity index (χ1n) is 8.69. The van der Waals surface area contributed by atoms with Gasteiger partial charge in [0.1, 0.15) is 35.5 Å². The van der Waals surface area contributed by atoms with Gasteiger partial charge in [0.25, 0.3) is 5.91 Å². The summed E-state index contributed by atoms with van der Waals surface area (Å²) >= 11 is 0. The van der Waals surface area contributed by atoms with Gasteiger partial charge in [-0.3, -0.25) is 14.2 Å². The van der Waals surface area contributed by atoms with Gasteiger partial charge in [0, 0.05) is 36.9 Å². The van der Waals surface area contributed by atoms with Crippen LogP contribution >= 0.6 is 0 Å². The second kappa shape index (κ2) is 7.03. The third-order valence-corrected chi connectivity index (χ3v) is 4.31. The van der Waals surface area contributed by atoms with Crippen LogP contribution in [0.4, 0.5) is 5.82 Å². The van der Waals surface area contributed by atoms with Gasteiger partial charge in [0.2, 0.25) is 5.43 Å². The Morgan fingerprint density at radius 3 is 2.86 bits per heavy atom. The van der Waals surface area contributed by atoms with Crippen molar-refractivity contribution in [1.82, 2.24) is 29.1 Å². The van der Waals surface area contributed by atoms with E-state index in [0.717, 1.165) is 5.69 Å². The van der Waals surface area contributed by atoms with E-state index in [4.69, 9.17) is 0 Å². The molecule has 4 aromatic heterocycles. The molecule has 9 heteroatoms. The average Bonchev–Trinajstić information content (AvgIpc) is 3.23. The molecule has 4 rings (SSSR count). The highest BCUT2D eigenvalue weighted by atomic mass is 16.2. The second-order valence-corrected chi connectivity index (χ2v) is 6.17. The SMILES string of the molecule is CCn1cc(C(=O)Nc2cc(-n3ccnc3)ncn2)c(=O)c2ccc(C)nc21. The fraction of sp³-hybridized carbons (Fsp3) is 0.158. The number of aryl methyl sites for hydroxylation is 2. The van der Waals surface area contributed by atoms with E-state index < -0.39 is 5.91 Å². The van der Waals surface area contributed by atoms with Crippen molar-refractivity contribution in [3.63, 3.8) is 0 Å². The molecule has 4 heterocycles. The summed E-state index contributed by atoms with van der Waals surface area (Å²) in [6, 6.07) is 5.06. The highest BCUT2D eigenvalue weighted by molar-refractivity contribution is 6.05. The smallest absolute Gasteiger partial charge is 0.262 e. The van der Waals surface area contributed by atoms with Crippen LogP contribution in [-0.2, 0) is 6.54 Å². The molecule has 0 aliphatic carbocycles. The summed E-state index contributed by atoms with van der Waals surface area (Å²) in [7, 11) is 0. The minimum absolute atomic E-state index is 0.0304. The summed E-state index contributed by atoms with van der Waals surface area (Å²) in [4.78, 5) is 42.2. The van der Waals surface area contributed by atoms with Gasteiger partial charge in [-0.15, -0.1) is 0 Å². The largest absolute Gasteiger partial charge is 0.332 e. The predicted molar refractivity (Wildman–Crippen MR) is 104 cm³/mol. The minimum atomic E-state index is -0.537. The lowest BCUT2D eigenvalue weighted by Crippen LogP contribution is -2.24. The summed E-state index contributed by atoms with van der Waals surface area (Å²) in [5, 5.41) is 3.08. The highest BCUT2D eigenvalue weighted by Gasteiger charge is 2.17. The fourth-order valence-electron chi connectivity index (χ4n) is 2.90. The molecule has 0 bridgehead atoms. The first-order chi connectivity index (χ1) is 13.6. The van der Waals surface area contributed by atoms with Gasteiger partial charge in [0.05, 0.1) is 5.39 Å². The molecule has 9 nitrogen and oxygen atoms in total. The quantitative estimate of drug-likeness (QED) is 0.584. The summed E-state index contributed by atoms with van der Waals surface area (Å²) in [5.41, 5.74) is 1.03. The van der Waals surface area contributed by atoms with Gasteiger partial charge < -0.3 is 9.88 Å². The Kier molecular flexibility index (Phi) is 4.40. The highest BCUT2D eigenvalue weighted by Crippen LogP contribution is 2.13. The molecule has 0 aliphatic rings. The zero-order valence-electron chi connectivity index (χ0n) is 15.3. The molecule has 0 atom stereocenters. The van der Waals surface area contributed by atoms with Crippen molar-refractivity contribution in [1.29, 1.82) is 0 Å². The number of rotatable bonds is 4. The van der Waals surface area contributed by atoms with Crippen LogP contribution in [0.2, 0.25) is 0 Å². The lowest BCUT2D eigenvalue weighted by molar-refractivity contribution is 0.102. The molecule has 0 radical (unpaired) electrons. The van der Waals surface area contributed by atoms with Gasteiger partial charge in [-0.2, -0.15) is 0 Å². The van der Waals surface area contributed by atoms with E-state index in [0.29, 0.717) is 23.4 Å². The Morgan fingerprint density at radius 1 is 1.25 bits per heavy atom. The number of aromatic nitrogens is 6. The molecule has 140 valence electrons. The van der Waals surface area contributed by atoms with Gasteiger partial charge in [-0.25, -0.2) is 19.9 Å². The molecule has 0 fully saturated rings. The van der Waals surface area contributed by atoms with E-state index in [9.17, 15) is 9.59 Å². The zero-order valence-corrected chi connectivity index (χ0v) is 15.3. The van der Waals surface area contributed by atoms with E-state index in [1.165, 1.54) is 12.5 Å². The fourth-order valence-corrected chi connectivity index (χ4v) is 2.90. The van der Waals surface area contributed by atoms with Gasteiger partial charge in [-0.05, 0) is 26.0 Å². The predicted octanol–water partition coefficient (Wildman–Crippen LogP) is 1.95. The van der Waals surface area contributed by atoms with Crippen LogP contribution in [0.5, 0.6) is 0 Å². The first-order valence-corrected chi connectivity index (χ1v) is 8.69. The van der Waals surface area contributed by atoms with Crippen LogP contribution in [0, 0.1) is 6.92 Å². The van der Waals surface area contributed by atoms with Crippen LogP contribution in [0.3, 0.4) is 0 Å². The molecule has 1 amide bonds. The monoisotopic (exact) mass is 375 g/mol. The molecule has 0 unspecified atom stereocenters. The van der Waals surface area contributed by atoms with Crippen LogP contribution in [0.1, 0.15) is 23.0 Å². The number of carbonyl (C=O) groups excluding carboxylic acids is 1. The van der Waals surface area contributed by atoms with E-state index >= 15 is 0 Å². The van der Waals surface area contributed by atoms with Crippen LogP contribution in [-0.4, -0.2) is 35.0 Å². The van der Waals surface area contributed by atoms with Crippen LogP contribution in [0.15, 0.2) is 54.2 Å². The van der Waals surface area contributed by atoms with Crippen molar-refractivity contribution in [3.05, 3.63) is 70.9 Å². The minimum Gasteiger partial charge on any atom is -0.332 e. The summed E-state index contributed by atoms with van der Waals surface area (Å²) in [6.45, 7) is 4.36. The van der Waals surface area contributed by atoms with E-state index in [1.54, 1.807) is 46.1 Å². The molecule has 1 N–H and O–H groups in total. The molecular formula is C19H17N7O2. The lowest BCUT2D eigenvalue weighted by atomic mass is 10.1.